The molecule has 27 heavy (non-hydrogen) atoms. The van der Waals surface area contributed by atoms with Gasteiger partial charge >= 0.3 is 0 Å². The number of hydrogen-bond acceptors (Lipinski definition) is 5. The largest absolute Gasteiger partial charge is 0.377 e. The van der Waals surface area contributed by atoms with Gasteiger partial charge in [-0.05, 0) is 18.6 Å². The average molecular weight is 370 g/mol. The number of benzene rings is 1. The van der Waals surface area contributed by atoms with Crippen molar-refractivity contribution in [3.63, 3.8) is 0 Å². The van der Waals surface area contributed by atoms with Crippen molar-refractivity contribution < 1.29 is 14.3 Å². The SMILES string of the molecule is Cc1ccccc1N1C[C@@]2(COCCN(Cc3nccn3C)C2)OCC1=O. The number of aryl methyl sites for hydroxylation is 2. The molecule has 2 aromatic rings. The summed E-state index contributed by atoms with van der Waals surface area (Å²) in [6.45, 7) is 5.99. The Labute approximate surface area is 159 Å². The second-order valence-electron chi connectivity index (χ2n) is 7.46. The minimum absolute atomic E-state index is 0.00479. The zero-order valence-electron chi connectivity index (χ0n) is 15.9. The highest BCUT2D eigenvalue weighted by Crippen LogP contribution is 2.29. The number of amides is 1. The monoisotopic (exact) mass is 370 g/mol. The van der Waals surface area contributed by atoms with Crippen LogP contribution in [-0.2, 0) is 27.9 Å². The minimum Gasteiger partial charge on any atom is -0.377 e. The Kier molecular flexibility index (Phi) is 4.99. The first-order chi connectivity index (χ1) is 13.1. The Hall–Kier alpha value is -2.22. The van der Waals surface area contributed by atoms with E-state index in [1.54, 1.807) is 0 Å². The molecule has 0 aliphatic carbocycles. The number of anilines is 1. The van der Waals surface area contributed by atoms with E-state index in [-0.39, 0.29) is 12.5 Å². The lowest BCUT2D eigenvalue weighted by Crippen LogP contribution is -2.60. The van der Waals surface area contributed by atoms with Crippen LogP contribution in [0.1, 0.15) is 11.4 Å². The van der Waals surface area contributed by atoms with Crippen LogP contribution < -0.4 is 4.90 Å². The van der Waals surface area contributed by atoms with E-state index in [9.17, 15) is 4.79 Å². The Morgan fingerprint density at radius 2 is 2.11 bits per heavy atom. The first-order valence-corrected chi connectivity index (χ1v) is 9.33. The van der Waals surface area contributed by atoms with Crippen molar-refractivity contribution in [2.24, 2.45) is 7.05 Å². The molecule has 2 aliphatic heterocycles. The average Bonchev–Trinajstić information content (AvgIpc) is 2.95. The van der Waals surface area contributed by atoms with E-state index in [0.29, 0.717) is 26.3 Å². The summed E-state index contributed by atoms with van der Waals surface area (Å²) in [5, 5.41) is 0. The fraction of sp³-hybridized carbons (Fsp3) is 0.500. The highest BCUT2D eigenvalue weighted by molar-refractivity contribution is 5.95. The Bertz CT molecular complexity index is 821. The summed E-state index contributed by atoms with van der Waals surface area (Å²) in [5.74, 6) is 1.00. The number of para-hydroxylation sites is 1. The van der Waals surface area contributed by atoms with E-state index < -0.39 is 5.60 Å². The van der Waals surface area contributed by atoms with E-state index in [4.69, 9.17) is 9.47 Å². The van der Waals surface area contributed by atoms with Gasteiger partial charge in [-0.1, -0.05) is 18.2 Å². The van der Waals surface area contributed by atoms with Gasteiger partial charge in [0.15, 0.2) is 0 Å². The molecule has 0 radical (unpaired) electrons. The van der Waals surface area contributed by atoms with Crippen LogP contribution in [0.5, 0.6) is 0 Å². The smallest absolute Gasteiger partial charge is 0.253 e. The molecule has 7 nitrogen and oxygen atoms in total. The first kappa shape index (κ1) is 18.2. The van der Waals surface area contributed by atoms with Gasteiger partial charge < -0.3 is 18.9 Å². The molecule has 1 atom stereocenters. The van der Waals surface area contributed by atoms with Crippen molar-refractivity contribution >= 4 is 11.6 Å². The van der Waals surface area contributed by atoms with E-state index in [1.165, 1.54) is 0 Å². The first-order valence-electron chi connectivity index (χ1n) is 9.33. The van der Waals surface area contributed by atoms with Crippen molar-refractivity contribution in [1.29, 1.82) is 0 Å². The number of morpholine rings is 1. The fourth-order valence-electron chi connectivity index (χ4n) is 3.85. The summed E-state index contributed by atoms with van der Waals surface area (Å²) < 4.78 is 14.0. The van der Waals surface area contributed by atoms with Crippen LogP contribution in [0.2, 0.25) is 0 Å². The summed E-state index contributed by atoms with van der Waals surface area (Å²) in [6, 6.07) is 7.98. The summed E-state index contributed by atoms with van der Waals surface area (Å²) in [5.41, 5.74) is 1.50. The zero-order valence-corrected chi connectivity index (χ0v) is 15.9. The maximum absolute atomic E-state index is 12.6. The highest BCUT2D eigenvalue weighted by Gasteiger charge is 2.43. The van der Waals surface area contributed by atoms with Crippen molar-refractivity contribution in [2.75, 3.05) is 44.4 Å². The van der Waals surface area contributed by atoms with E-state index in [1.807, 2.05) is 60.1 Å². The zero-order chi connectivity index (χ0) is 18.9. The molecule has 0 N–H and O–H groups in total. The molecule has 4 rings (SSSR count). The third-order valence-corrected chi connectivity index (χ3v) is 5.37. The molecule has 0 saturated carbocycles. The van der Waals surface area contributed by atoms with Crippen LogP contribution in [0.3, 0.4) is 0 Å². The number of carbonyl (C=O) groups is 1. The Morgan fingerprint density at radius 1 is 1.26 bits per heavy atom. The third-order valence-electron chi connectivity index (χ3n) is 5.37. The number of aromatic nitrogens is 2. The Morgan fingerprint density at radius 3 is 2.89 bits per heavy atom. The van der Waals surface area contributed by atoms with Crippen LogP contribution in [0.4, 0.5) is 5.69 Å². The molecule has 3 heterocycles. The van der Waals surface area contributed by atoms with Crippen LogP contribution in [0, 0.1) is 6.92 Å². The molecule has 144 valence electrons. The molecule has 2 saturated heterocycles. The van der Waals surface area contributed by atoms with Crippen LogP contribution >= 0.6 is 0 Å². The van der Waals surface area contributed by atoms with Crippen molar-refractivity contribution in [1.82, 2.24) is 14.5 Å². The minimum atomic E-state index is -0.530. The summed E-state index contributed by atoms with van der Waals surface area (Å²) in [6.07, 6.45) is 3.77. The molecule has 1 spiro atoms. The number of carbonyl (C=O) groups excluding carboxylic acids is 1. The van der Waals surface area contributed by atoms with E-state index in [0.717, 1.165) is 30.2 Å². The van der Waals surface area contributed by atoms with Gasteiger partial charge in [0.2, 0.25) is 0 Å². The van der Waals surface area contributed by atoms with Gasteiger partial charge in [0.1, 0.15) is 18.0 Å². The molecule has 7 heteroatoms. The molecular formula is C20H26N4O3. The molecule has 0 bridgehead atoms. The predicted octanol–water partition coefficient (Wildman–Crippen LogP) is 1.36. The van der Waals surface area contributed by atoms with Crippen LogP contribution in [0.25, 0.3) is 0 Å². The fourth-order valence-corrected chi connectivity index (χ4v) is 3.85. The van der Waals surface area contributed by atoms with Gasteiger partial charge in [-0.2, -0.15) is 0 Å². The van der Waals surface area contributed by atoms with Gasteiger partial charge in [-0.15, -0.1) is 0 Å². The number of rotatable bonds is 3. The maximum Gasteiger partial charge on any atom is 0.253 e. The van der Waals surface area contributed by atoms with E-state index >= 15 is 0 Å². The van der Waals surface area contributed by atoms with Crippen molar-refractivity contribution in [3.8, 4) is 0 Å². The van der Waals surface area contributed by atoms with Crippen molar-refractivity contribution in [2.45, 2.75) is 19.1 Å². The lowest BCUT2D eigenvalue weighted by molar-refractivity contribution is -0.146. The number of imidazole rings is 1. The second-order valence-corrected chi connectivity index (χ2v) is 7.46. The lowest BCUT2D eigenvalue weighted by atomic mass is 10.00. The molecule has 1 aromatic carbocycles. The van der Waals surface area contributed by atoms with Crippen molar-refractivity contribution in [3.05, 3.63) is 48.0 Å². The summed E-state index contributed by atoms with van der Waals surface area (Å²) >= 11 is 0. The van der Waals surface area contributed by atoms with Crippen LogP contribution in [-0.4, -0.2) is 65.4 Å². The molecular weight excluding hydrogens is 344 g/mol. The lowest BCUT2D eigenvalue weighted by Gasteiger charge is -2.43. The molecule has 1 amide bonds. The quantitative estimate of drug-likeness (QED) is 0.817. The predicted molar refractivity (Wildman–Crippen MR) is 102 cm³/mol. The number of ether oxygens (including phenoxy) is 2. The normalized spacial score (nSPS) is 24.4. The maximum atomic E-state index is 12.6. The number of nitrogens with zero attached hydrogens (tertiary/aromatic N) is 4. The van der Waals surface area contributed by atoms with Gasteiger partial charge in [0.05, 0.1) is 26.3 Å². The highest BCUT2D eigenvalue weighted by atomic mass is 16.6. The topological polar surface area (TPSA) is 59.8 Å². The van der Waals surface area contributed by atoms with Gasteiger partial charge in [-0.3, -0.25) is 9.69 Å². The van der Waals surface area contributed by atoms with Gasteiger partial charge in [-0.25, -0.2) is 4.98 Å². The Balaban J connectivity index is 1.56. The third kappa shape index (κ3) is 3.76. The molecule has 1 aromatic heterocycles. The molecule has 2 fully saturated rings. The second kappa shape index (κ2) is 7.42. The molecule has 2 aliphatic rings. The van der Waals surface area contributed by atoms with Gasteiger partial charge in [0.25, 0.3) is 5.91 Å². The molecule has 0 unspecified atom stereocenters. The summed E-state index contributed by atoms with van der Waals surface area (Å²) in [4.78, 5) is 21.2. The standard InChI is InChI=1S/C20H26N4O3/c1-16-5-3-4-6-17(16)24-14-20(27-12-19(24)25)13-23(9-10-26-15-20)11-18-21-7-8-22(18)2/h3-8H,9-15H2,1-2H3/t20-/m0/s1. The number of hydrogen-bond donors (Lipinski definition) is 0. The van der Waals surface area contributed by atoms with E-state index in [2.05, 4.69) is 9.88 Å². The van der Waals surface area contributed by atoms with Crippen LogP contribution in [0.15, 0.2) is 36.7 Å². The van der Waals surface area contributed by atoms with Gasteiger partial charge in [0, 0.05) is 38.2 Å². The summed E-state index contributed by atoms with van der Waals surface area (Å²) in [7, 11) is 2.00.